The summed E-state index contributed by atoms with van der Waals surface area (Å²) in [5, 5.41) is 6.94. The Morgan fingerprint density at radius 2 is 1.93 bits per heavy atom. The van der Waals surface area contributed by atoms with Crippen molar-refractivity contribution in [3.63, 3.8) is 0 Å². The van der Waals surface area contributed by atoms with E-state index in [0.29, 0.717) is 12.1 Å². The standard InChI is InChI=1S/C21H28N4O2/c1-16(2)25-15-18(12-23-25)21(27)22-13-20(26)24(19-10-6-7-11-19)14-17-8-4-3-5-9-17/h3-5,8-9,12,15-16,19H,6-7,10-11,13-14H2,1-2H3,(H,22,27). The maximum atomic E-state index is 12.9. The van der Waals surface area contributed by atoms with Crippen molar-refractivity contribution in [2.75, 3.05) is 6.54 Å². The fraction of sp³-hybridized carbons (Fsp3) is 0.476. The molecule has 1 fully saturated rings. The van der Waals surface area contributed by atoms with Gasteiger partial charge in [-0.25, -0.2) is 0 Å². The van der Waals surface area contributed by atoms with Crippen LogP contribution < -0.4 is 5.32 Å². The molecule has 3 rings (SSSR count). The number of carbonyl (C=O) groups excluding carboxylic acids is 2. The average molecular weight is 368 g/mol. The van der Waals surface area contributed by atoms with Crippen LogP contribution in [0.5, 0.6) is 0 Å². The van der Waals surface area contributed by atoms with Crippen LogP contribution in [-0.2, 0) is 11.3 Å². The molecule has 0 saturated heterocycles. The highest BCUT2D eigenvalue weighted by Crippen LogP contribution is 2.25. The Morgan fingerprint density at radius 1 is 1.22 bits per heavy atom. The van der Waals surface area contributed by atoms with Gasteiger partial charge in [0.15, 0.2) is 0 Å². The fourth-order valence-corrected chi connectivity index (χ4v) is 3.51. The number of carbonyl (C=O) groups is 2. The second-order valence-electron chi connectivity index (χ2n) is 7.43. The van der Waals surface area contributed by atoms with E-state index in [-0.39, 0.29) is 30.4 Å². The average Bonchev–Trinajstić information content (AvgIpc) is 3.36. The van der Waals surface area contributed by atoms with Gasteiger partial charge in [-0.15, -0.1) is 0 Å². The lowest BCUT2D eigenvalue weighted by molar-refractivity contribution is -0.133. The van der Waals surface area contributed by atoms with Gasteiger partial charge in [0.25, 0.3) is 5.91 Å². The molecule has 0 aliphatic heterocycles. The van der Waals surface area contributed by atoms with Crippen molar-refractivity contribution in [3.05, 3.63) is 53.9 Å². The Balaban J connectivity index is 1.62. The van der Waals surface area contributed by atoms with Crippen LogP contribution in [0.4, 0.5) is 0 Å². The molecule has 1 N–H and O–H groups in total. The zero-order valence-electron chi connectivity index (χ0n) is 16.1. The number of nitrogens with one attached hydrogen (secondary N) is 1. The van der Waals surface area contributed by atoms with E-state index < -0.39 is 0 Å². The molecular formula is C21H28N4O2. The molecule has 2 aromatic rings. The summed E-state index contributed by atoms with van der Waals surface area (Å²) >= 11 is 0. The third kappa shape index (κ3) is 4.96. The molecule has 1 saturated carbocycles. The van der Waals surface area contributed by atoms with E-state index in [9.17, 15) is 9.59 Å². The minimum atomic E-state index is -0.263. The van der Waals surface area contributed by atoms with Crippen molar-refractivity contribution in [2.24, 2.45) is 0 Å². The highest BCUT2D eigenvalue weighted by molar-refractivity contribution is 5.96. The Bertz CT molecular complexity index is 763. The van der Waals surface area contributed by atoms with E-state index in [1.807, 2.05) is 49.1 Å². The van der Waals surface area contributed by atoms with Crippen molar-refractivity contribution >= 4 is 11.8 Å². The molecule has 0 unspecified atom stereocenters. The quantitative estimate of drug-likeness (QED) is 0.816. The molecule has 1 aliphatic carbocycles. The number of amides is 2. The number of hydrogen-bond acceptors (Lipinski definition) is 3. The molecule has 2 amide bonds. The molecule has 144 valence electrons. The Kier molecular flexibility index (Phi) is 6.27. The second kappa shape index (κ2) is 8.84. The molecule has 1 heterocycles. The molecular weight excluding hydrogens is 340 g/mol. The third-order valence-corrected chi connectivity index (χ3v) is 5.07. The lowest BCUT2D eigenvalue weighted by Crippen LogP contribution is -2.44. The summed E-state index contributed by atoms with van der Waals surface area (Å²) in [6.07, 6.45) is 7.64. The number of rotatable bonds is 7. The number of nitrogens with zero attached hydrogens (tertiary/aromatic N) is 3. The van der Waals surface area contributed by atoms with E-state index in [0.717, 1.165) is 31.2 Å². The van der Waals surface area contributed by atoms with Gasteiger partial charge < -0.3 is 10.2 Å². The highest BCUT2D eigenvalue weighted by atomic mass is 16.2. The lowest BCUT2D eigenvalue weighted by atomic mass is 10.1. The molecule has 0 atom stereocenters. The summed E-state index contributed by atoms with van der Waals surface area (Å²) < 4.78 is 1.73. The first-order valence-electron chi connectivity index (χ1n) is 9.70. The predicted octanol–water partition coefficient (Wildman–Crippen LogP) is 3.17. The third-order valence-electron chi connectivity index (χ3n) is 5.07. The monoisotopic (exact) mass is 368 g/mol. The van der Waals surface area contributed by atoms with Crippen LogP contribution in [0.3, 0.4) is 0 Å². The van der Waals surface area contributed by atoms with E-state index in [4.69, 9.17) is 0 Å². The molecule has 0 bridgehead atoms. The number of hydrogen-bond donors (Lipinski definition) is 1. The van der Waals surface area contributed by atoms with E-state index in [2.05, 4.69) is 10.4 Å². The van der Waals surface area contributed by atoms with Crippen molar-refractivity contribution in [1.29, 1.82) is 0 Å². The topological polar surface area (TPSA) is 67.2 Å². The Hall–Kier alpha value is -2.63. The van der Waals surface area contributed by atoms with Gasteiger partial charge in [0.1, 0.15) is 0 Å². The summed E-state index contributed by atoms with van der Waals surface area (Å²) in [6.45, 7) is 4.60. The summed E-state index contributed by atoms with van der Waals surface area (Å²) in [4.78, 5) is 27.2. The van der Waals surface area contributed by atoms with Gasteiger partial charge in [-0.3, -0.25) is 14.3 Å². The lowest BCUT2D eigenvalue weighted by Gasteiger charge is -2.29. The first-order valence-corrected chi connectivity index (χ1v) is 9.70. The van der Waals surface area contributed by atoms with Gasteiger partial charge in [0, 0.05) is 24.8 Å². The van der Waals surface area contributed by atoms with Gasteiger partial charge in [-0.2, -0.15) is 5.10 Å². The fourth-order valence-electron chi connectivity index (χ4n) is 3.51. The van der Waals surface area contributed by atoms with E-state index >= 15 is 0 Å². The second-order valence-corrected chi connectivity index (χ2v) is 7.43. The minimum absolute atomic E-state index is 0.00895. The van der Waals surface area contributed by atoms with Crippen molar-refractivity contribution in [2.45, 2.75) is 58.2 Å². The van der Waals surface area contributed by atoms with Gasteiger partial charge in [0.05, 0.1) is 18.3 Å². The first-order chi connectivity index (χ1) is 13.0. The SMILES string of the molecule is CC(C)n1cc(C(=O)NCC(=O)N(Cc2ccccc2)C2CCCC2)cn1. The van der Waals surface area contributed by atoms with Crippen LogP contribution in [0.1, 0.15) is 61.5 Å². The molecule has 0 spiro atoms. The summed E-state index contributed by atoms with van der Waals surface area (Å²) in [7, 11) is 0. The van der Waals surface area contributed by atoms with Crippen LogP contribution in [-0.4, -0.2) is 39.1 Å². The van der Waals surface area contributed by atoms with E-state index in [1.54, 1.807) is 17.1 Å². The Labute approximate surface area is 160 Å². The molecule has 6 heteroatoms. The van der Waals surface area contributed by atoms with Crippen LogP contribution in [0, 0.1) is 0 Å². The van der Waals surface area contributed by atoms with Crippen LogP contribution in [0.15, 0.2) is 42.7 Å². The predicted molar refractivity (Wildman–Crippen MR) is 104 cm³/mol. The number of benzene rings is 1. The maximum absolute atomic E-state index is 12.9. The smallest absolute Gasteiger partial charge is 0.254 e. The zero-order valence-corrected chi connectivity index (χ0v) is 16.1. The molecule has 6 nitrogen and oxygen atoms in total. The highest BCUT2D eigenvalue weighted by Gasteiger charge is 2.27. The minimum Gasteiger partial charge on any atom is -0.343 e. The van der Waals surface area contributed by atoms with Crippen LogP contribution >= 0.6 is 0 Å². The molecule has 0 radical (unpaired) electrons. The molecule has 1 aliphatic rings. The Morgan fingerprint density at radius 3 is 2.56 bits per heavy atom. The largest absolute Gasteiger partial charge is 0.343 e. The first kappa shape index (κ1) is 19.1. The normalized spacial score (nSPS) is 14.5. The zero-order chi connectivity index (χ0) is 19.2. The van der Waals surface area contributed by atoms with Gasteiger partial charge >= 0.3 is 0 Å². The van der Waals surface area contributed by atoms with Gasteiger partial charge in [-0.05, 0) is 32.3 Å². The molecule has 1 aromatic heterocycles. The van der Waals surface area contributed by atoms with Gasteiger partial charge in [0.2, 0.25) is 5.91 Å². The van der Waals surface area contributed by atoms with Gasteiger partial charge in [-0.1, -0.05) is 43.2 Å². The van der Waals surface area contributed by atoms with Crippen LogP contribution in [0.2, 0.25) is 0 Å². The van der Waals surface area contributed by atoms with Crippen LogP contribution in [0.25, 0.3) is 0 Å². The van der Waals surface area contributed by atoms with Crippen molar-refractivity contribution in [1.82, 2.24) is 20.0 Å². The van der Waals surface area contributed by atoms with E-state index in [1.165, 1.54) is 0 Å². The summed E-state index contributed by atoms with van der Waals surface area (Å²) in [5.41, 5.74) is 1.59. The summed E-state index contributed by atoms with van der Waals surface area (Å²) in [6, 6.07) is 10.5. The van der Waals surface area contributed by atoms with Crippen molar-refractivity contribution < 1.29 is 9.59 Å². The van der Waals surface area contributed by atoms with Crippen molar-refractivity contribution in [3.8, 4) is 0 Å². The maximum Gasteiger partial charge on any atom is 0.254 e. The molecule has 1 aromatic carbocycles. The number of aromatic nitrogens is 2. The molecule has 27 heavy (non-hydrogen) atoms. The summed E-state index contributed by atoms with van der Waals surface area (Å²) in [5.74, 6) is -0.295.